The second-order valence-corrected chi connectivity index (χ2v) is 40.9. The summed E-state index contributed by atoms with van der Waals surface area (Å²) in [5.41, 5.74) is 1.13. The number of rotatable bonds is 5. The van der Waals surface area contributed by atoms with E-state index in [1.807, 2.05) is 37.8 Å². The number of hydrogen-bond donors (Lipinski definition) is 1. The van der Waals surface area contributed by atoms with Gasteiger partial charge in [-0.1, -0.05) is 0 Å². The van der Waals surface area contributed by atoms with Gasteiger partial charge in [0.2, 0.25) is 0 Å². The monoisotopic (exact) mass is 550 g/mol. The Kier molecular flexibility index (Phi) is 1.32. The number of hydrogen-bond acceptors (Lipinski definition) is 5. The molecule has 2 amide bonds. The minimum absolute atomic E-state index is 0.00524. The number of carbonyl (C=O) groups excluding carboxylic acids is 2. The van der Waals surface area contributed by atoms with E-state index in [-0.39, 0.29) is 16.1 Å². The van der Waals surface area contributed by atoms with Crippen molar-refractivity contribution >= 4 is 28.8 Å². The van der Waals surface area contributed by atoms with Gasteiger partial charge in [-0.3, -0.25) is 0 Å². The van der Waals surface area contributed by atoms with Crippen LogP contribution in [0.1, 0.15) is 41.8 Å². The molecule has 8 heteroatoms. The molecule has 12 rings (SSSR count). The minimum atomic E-state index is -3.86. The van der Waals surface area contributed by atoms with Crippen LogP contribution in [0.15, 0.2) is 29.6 Å². The molecule has 5 unspecified atom stereocenters. The first kappa shape index (κ1) is 18.6. The summed E-state index contributed by atoms with van der Waals surface area (Å²) in [4.78, 5) is 44.0. The van der Waals surface area contributed by atoms with Gasteiger partial charge < -0.3 is 0 Å². The molecule has 0 saturated carbocycles. The molecule has 10 fully saturated rings. The molecule has 1 aromatic heterocycles. The Morgan fingerprint density at radius 3 is 2.11 bits per heavy atom. The van der Waals surface area contributed by atoms with Gasteiger partial charge in [0, 0.05) is 0 Å². The van der Waals surface area contributed by atoms with Crippen molar-refractivity contribution in [1.29, 1.82) is 5.26 Å². The molecule has 188 valence electrons. The van der Waals surface area contributed by atoms with Gasteiger partial charge in [0.05, 0.1) is 0 Å². The first-order valence-corrected chi connectivity index (χ1v) is 20.4. The number of anilines is 1. The van der Waals surface area contributed by atoms with Crippen LogP contribution in [0, 0.1) is 23.7 Å². The summed E-state index contributed by atoms with van der Waals surface area (Å²) < 4.78 is 0.100. The van der Waals surface area contributed by atoms with E-state index in [0.717, 1.165) is 43.3 Å². The van der Waals surface area contributed by atoms with Gasteiger partial charge in [-0.2, -0.15) is 0 Å². The van der Waals surface area contributed by atoms with E-state index in [2.05, 4.69) is 22.3 Å². The fourth-order valence-electron chi connectivity index (χ4n) is 19.7. The molecule has 1 N–H and O–H groups in total. The van der Waals surface area contributed by atoms with E-state index in [4.69, 9.17) is 6.42 Å². The van der Waals surface area contributed by atoms with Crippen LogP contribution in [-0.4, -0.2) is 28.4 Å². The standard InChI is InChI=1S/C24H21N4O2S.C5H5.Fe/c1-5-20-26-19(15-31-20)23(30)28(18-12-10-16(14-25)11-13-18)21(17-8-6-7-9-17)22(29)27-24(2,3)4;1-2-4-5-3-1;/h1,6-13,15,21H,2-4H3,(H,27,29);1-5H;. The predicted octanol–water partition coefficient (Wildman–Crippen LogP) is 5.69. The third-order valence-electron chi connectivity index (χ3n) is 18.6. The third kappa shape index (κ3) is 0.469. The van der Waals surface area contributed by atoms with Crippen LogP contribution in [-0.2, 0) is 11.3 Å². The van der Waals surface area contributed by atoms with Crippen molar-refractivity contribution in [2.45, 2.75) is 80.0 Å². The Morgan fingerprint density at radius 1 is 1.11 bits per heavy atom. The van der Waals surface area contributed by atoms with Crippen LogP contribution in [0.4, 0.5) is 5.69 Å². The molecule has 10 saturated heterocycles. The van der Waals surface area contributed by atoms with E-state index < -0.39 is 18.1 Å². The van der Waals surface area contributed by atoms with Gasteiger partial charge in [-0.25, -0.2) is 0 Å². The molecule has 0 aliphatic carbocycles. The molecule has 0 radical (unpaired) electrons. The average Bonchev–Trinajstić information content (AvgIpc) is 3.74. The number of nitrogens with zero attached hydrogens (tertiary/aromatic N) is 3. The Labute approximate surface area is 209 Å². The molecule has 11 heterocycles. The van der Waals surface area contributed by atoms with Crippen LogP contribution in [0.25, 0.3) is 0 Å². The molecule has 0 bridgehead atoms. The summed E-state index contributed by atoms with van der Waals surface area (Å²) in [5.74, 6) is 2.31. The Bertz CT molecular complexity index is 1990. The molecule has 1 spiro atoms. The average molecular weight is 550 g/mol. The predicted molar refractivity (Wildman–Crippen MR) is 136 cm³/mol. The first-order chi connectivity index (χ1) is 17.4. The number of carbonyl (C=O) groups is 2. The fraction of sp³-hybridized carbons (Fsp3) is 0.517. The zero-order valence-corrected chi connectivity index (χ0v) is 22.6. The number of amides is 2. The summed E-state index contributed by atoms with van der Waals surface area (Å²) in [6.45, 7) is 2.21. The molecule has 5 atom stereocenters. The zero-order chi connectivity index (χ0) is 25.2. The molecule has 1 aromatic carbocycles. The number of thiazole rings is 1. The Balaban J connectivity index is 1.11. The summed E-state index contributed by atoms with van der Waals surface area (Å²) in [7, 11) is 0. The number of nitrogens with one attached hydrogen (secondary N) is 1. The second kappa shape index (κ2) is 2.62. The molecule has 10 aliphatic rings. The molecule has 2 aromatic rings. The molecule has 37 heavy (non-hydrogen) atoms. The van der Waals surface area contributed by atoms with E-state index in [9.17, 15) is 14.9 Å². The Hall–Kier alpha value is -2.64. The number of benzene rings is 1. The van der Waals surface area contributed by atoms with Gasteiger partial charge in [-0.15, -0.1) is 0 Å². The second-order valence-electron chi connectivity index (χ2n) is 16.4. The number of aromatic nitrogens is 1. The van der Waals surface area contributed by atoms with Crippen LogP contribution in [0.3, 0.4) is 0 Å². The van der Waals surface area contributed by atoms with E-state index in [1.54, 1.807) is 17.5 Å². The molecule has 10 aliphatic heterocycles. The van der Waals surface area contributed by atoms with Gasteiger partial charge in [0.1, 0.15) is 0 Å². The van der Waals surface area contributed by atoms with E-state index >= 15 is 0 Å². The number of terminal acetylenes is 1. The zero-order valence-electron chi connectivity index (χ0n) is 20.7. The first-order valence-electron chi connectivity index (χ1n) is 13.2. The molecule has 6 nitrogen and oxygen atoms in total. The van der Waals surface area contributed by atoms with Gasteiger partial charge in [0.15, 0.2) is 0 Å². The van der Waals surface area contributed by atoms with Crippen molar-refractivity contribution in [2.24, 2.45) is 0 Å². The van der Waals surface area contributed by atoms with E-state index in [1.165, 1.54) is 11.3 Å². The van der Waals surface area contributed by atoms with Crippen molar-refractivity contribution in [3.63, 3.8) is 0 Å². The third-order valence-corrected chi connectivity index (χ3v) is 61.9. The molecular weight excluding hydrogens is 524 g/mol. The number of fused-ring (bicyclic) bond motifs is 10. The summed E-state index contributed by atoms with van der Waals surface area (Å²) in [6.07, 6.45) is 5.59. The maximum absolute atomic E-state index is 14.6. The van der Waals surface area contributed by atoms with Crippen molar-refractivity contribution in [2.75, 3.05) is 4.90 Å². The quantitative estimate of drug-likeness (QED) is 0.383. The van der Waals surface area contributed by atoms with Crippen molar-refractivity contribution in [3.8, 4) is 18.4 Å². The number of nitriles is 1. The van der Waals surface area contributed by atoms with Crippen molar-refractivity contribution in [3.05, 3.63) is 45.9 Å². The normalized spacial score (nSPS) is 61.6. The van der Waals surface area contributed by atoms with E-state index in [0.29, 0.717) is 22.0 Å². The van der Waals surface area contributed by atoms with Crippen LogP contribution in [0.5, 0.6) is 0 Å². The SMILES string of the molecule is C#Cc1nc(C(=O)N(c2ccc(C#N)cc2)C(C(=O)NC(C)(C)C)[C]23[CH]4[CH]5[CH]6[CH]2[Fe]56432789[CH]3[CH]2[CH]7[CH]8[CH]39)cs1. The maximum atomic E-state index is 14.6. The van der Waals surface area contributed by atoms with Crippen LogP contribution >= 0.6 is 11.3 Å². The summed E-state index contributed by atoms with van der Waals surface area (Å²) in [6, 6.07) is 8.88. The fourth-order valence-corrected chi connectivity index (χ4v) is 95.1. The van der Waals surface area contributed by atoms with Gasteiger partial charge in [0.25, 0.3) is 0 Å². The summed E-state index contributed by atoms with van der Waals surface area (Å²) in [5, 5.41) is 14.9. The topological polar surface area (TPSA) is 86.1 Å². The molecular formula is C29H26FeN4O2S. The summed E-state index contributed by atoms with van der Waals surface area (Å²) >= 11 is 1.29. The van der Waals surface area contributed by atoms with Crippen molar-refractivity contribution in [1.82, 2.24) is 10.3 Å². The van der Waals surface area contributed by atoms with Crippen molar-refractivity contribution < 1.29 is 16.1 Å². The van der Waals surface area contributed by atoms with Gasteiger partial charge >= 0.3 is 210 Å². The van der Waals surface area contributed by atoms with Crippen LogP contribution in [0.2, 0.25) is 47.7 Å². The Morgan fingerprint density at radius 2 is 1.70 bits per heavy atom. The van der Waals surface area contributed by atoms with Gasteiger partial charge in [-0.05, 0) is 0 Å². The van der Waals surface area contributed by atoms with Crippen LogP contribution < -0.4 is 10.2 Å².